The summed E-state index contributed by atoms with van der Waals surface area (Å²) in [5.74, 6) is -0.425. The molecule has 1 aromatic heterocycles. The Morgan fingerprint density at radius 3 is 2.58 bits per heavy atom. The van der Waals surface area contributed by atoms with Crippen LogP contribution in [0.2, 0.25) is 5.15 Å². The SMILES string of the molecule is FC(F)(F)c1ncnc(Cl)c1Oc1cccc(Br)c1. The summed E-state index contributed by atoms with van der Waals surface area (Å²) in [4.78, 5) is 6.66. The molecule has 0 unspecified atom stereocenters. The van der Waals surface area contributed by atoms with Crippen molar-refractivity contribution in [3.63, 3.8) is 0 Å². The zero-order chi connectivity index (χ0) is 14.0. The molecule has 0 amide bonds. The minimum Gasteiger partial charge on any atom is -0.452 e. The van der Waals surface area contributed by atoms with Gasteiger partial charge < -0.3 is 4.74 Å². The van der Waals surface area contributed by atoms with E-state index in [0.717, 1.165) is 6.33 Å². The van der Waals surface area contributed by atoms with Crippen molar-refractivity contribution in [3.05, 3.63) is 45.9 Å². The molecule has 2 aromatic rings. The Balaban J connectivity index is 2.45. The van der Waals surface area contributed by atoms with E-state index in [1.165, 1.54) is 12.1 Å². The lowest BCUT2D eigenvalue weighted by atomic mass is 10.3. The summed E-state index contributed by atoms with van der Waals surface area (Å²) in [5, 5.41) is -0.401. The first kappa shape index (κ1) is 14.1. The molecule has 8 heteroatoms. The molecule has 0 aliphatic rings. The molecule has 0 spiro atoms. The first-order chi connectivity index (χ1) is 8.88. The van der Waals surface area contributed by atoms with Crippen molar-refractivity contribution >= 4 is 27.5 Å². The number of halogens is 5. The maximum absolute atomic E-state index is 12.8. The number of aromatic nitrogens is 2. The van der Waals surface area contributed by atoms with Crippen molar-refractivity contribution in [1.29, 1.82) is 0 Å². The second-order valence-corrected chi connectivity index (χ2v) is 4.67. The predicted molar refractivity (Wildman–Crippen MR) is 66.3 cm³/mol. The molecular formula is C11H5BrClF3N2O. The van der Waals surface area contributed by atoms with Gasteiger partial charge in [0.05, 0.1) is 0 Å². The van der Waals surface area contributed by atoms with E-state index in [1.807, 2.05) is 0 Å². The summed E-state index contributed by atoms with van der Waals surface area (Å²) in [7, 11) is 0. The van der Waals surface area contributed by atoms with Gasteiger partial charge in [0.25, 0.3) is 0 Å². The van der Waals surface area contributed by atoms with Crippen LogP contribution in [0.15, 0.2) is 35.1 Å². The molecule has 100 valence electrons. The van der Waals surface area contributed by atoms with Crippen molar-refractivity contribution in [3.8, 4) is 11.5 Å². The summed E-state index contributed by atoms with van der Waals surface area (Å²) in [6.07, 6.45) is -3.94. The molecular weight excluding hydrogens is 348 g/mol. The van der Waals surface area contributed by atoms with E-state index in [4.69, 9.17) is 16.3 Å². The van der Waals surface area contributed by atoms with Crippen LogP contribution in [-0.4, -0.2) is 9.97 Å². The zero-order valence-electron chi connectivity index (χ0n) is 9.08. The van der Waals surface area contributed by atoms with Crippen LogP contribution in [0.3, 0.4) is 0 Å². The number of rotatable bonds is 2. The van der Waals surface area contributed by atoms with E-state index >= 15 is 0 Å². The molecule has 0 atom stereocenters. The van der Waals surface area contributed by atoms with E-state index in [-0.39, 0.29) is 5.75 Å². The van der Waals surface area contributed by atoms with E-state index in [0.29, 0.717) is 4.47 Å². The van der Waals surface area contributed by atoms with Gasteiger partial charge in [-0.15, -0.1) is 0 Å². The van der Waals surface area contributed by atoms with Crippen LogP contribution in [0.1, 0.15) is 5.69 Å². The molecule has 0 radical (unpaired) electrons. The van der Waals surface area contributed by atoms with Crippen molar-refractivity contribution in [1.82, 2.24) is 9.97 Å². The van der Waals surface area contributed by atoms with Gasteiger partial charge in [-0.25, -0.2) is 9.97 Å². The number of hydrogen-bond acceptors (Lipinski definition) is 3. The van der Waals surface area contributed by atoms with Gasteiger partial charge in [0.15, 0.2) is 16.6 Å². The lowest BCUT2D eigenvalue weighted by Gasteiger charge is -2.13. The van der Waals surface area contributed by atoms with Crippen molar-refractivity contribution in [2.75, 3.05) is 0 Å². The number of nitrogens with zero attached hydrogens (tertiary/aromatic N) is 2. The number of alkyl halides is 3. The van der Waals surface area contributed by atoms with E-state index < -0.39 is 22.8 Å². The van der Waals surface area contributed by atoms with Gasteiger partial charge in [-0.05, 0) is 18.2 Å². The Bertz CT molecular complexity index is 607. The Morgan fingerprint density at radius 1 is 1.21 bits per heavy atom. The Morgan fingerprint density at radius 2 is 1.95 bits per heavy atom. The van der Waals surface area contributed by atoms with Crippen LogP contribution in [0.5, 0.6) is 11.5 Å². The molecule has 0 N–H and O–H groups in total. The molecule has 0 fully saturated rings. The maximum atomic E-state index is 12.8. The number of hydrogen-bond donors (Lipinski definition) is 0. The fourth-order valence-electron chi connectivity index (χ4n) is 1.29. The van der Waals surface area contributed by atoms with Crippen LogP contribution in [0.4, 0.5) is 13.2 Å². The number of ether oxygens (including phenoxy) is 1. The maximum Gasteiger partial charge on any atom is 0.437 e. The summed E-state index contributed by atoms with van der Waals surface area (Å²) in [6, 6.07) is 6.32. The van der Waals surface area contributed by atoms with E-state index in [1.54, 1.807) is 12.1 Å². The highest BCUT2D eigenvalue weighted by atomic mass is 79.9. The largest absolute Gasteiger partial charge is 0.452 e. The van der Waals surface area contributed by atoms with E-state index in [9.17, 15) is 13.2 Å². The van der Waals surface area contributed by atoms with Crippen LogP contribution in [0, 0.1) is 0 Å². The first-order valence-corrected chi connectivity index (χ1v) is 6.06. The molecule has 0 saturated heterocycles. The molecule has 0 aliphatic carbocycles. The third-order valence-corrected chi connectivity index (χ3v) is 2.81. The van der Waals surface area contributed by atoms with Crippen molar-refractivity contribution < 1.29 is 17.9 Å². The fraction of sp³-hybridized carbons (Fsp3) is 0.0909. The third-order valence-electron chi connectivity index (χ3n) is 2.04. The highest BCUT2D eigenvalue weighted by molar-refractivity contribution is 9.10. The van der Waals surface area contributed by atoms with Crippen LogP contribution < -0.4 is 4.74 Å². The van der Waals surface area contributed by atoms with Gasteiger partial charge in [0.2, 0.25) is 0 Å². The molecule has 19 heavy (non-hydrogen) atoms. The molecule has 0 bridgehead atoms. The topological polar surface area (TPSA) is 35.0 Å². The highest BCUT2D eigenvalue weighted by Crippen LogP contribution is 2.39. The third kappa shape index (κ3) is 3.36. The monoisotopic (exact) mass is 352 g/mol. The molecule has 2 rings (SSSR count). The van der Waals surface area contributed by atoms with Gasteiger partial charge in [-0.1, -0.05) is 33.6 Å². The van der Waals surface area contributed by atoms with Gasteiger partial charge in [-0.2, -0.15) is 13.2 Å². The van der Waals surface area contributed by atoms with Gasteiger partial charge in [0.1, 0.15) is 12.1 Å². The van der Waals surface area contributed by atoms with Crippen molar-refractivity contribution in [2.45, 2.75) is 6.18 Å². The second kappa shape index (κ2) is 5.34. The quantitative estimate of drug-likeness (QED) is 0.734. The minimum absolute atomic E-state index is 0.191. The second-order valence-electron chi connectivity index (χ2n) is 3.40. The Kier molecular flexibility index (Phi) is 3.96. The molecule has 1 heterocycles. The minimum atomic E-state index is -4.67. The molecule has 0 saturated carbocycles. The normalized spacial score (nSPS) is 11.4. The first-order valence-electron chi connectivity index (χ1n) is 4.89. The summed E-state index contributed by atoms with van der Waals surface area (Å²) < 4.78 is 44.1. The summed E-state index contributed by atoms with van der Waals surface area (Å²) in [5.41, 5.74) is -1.22. The number of benzene rings is 1. The average Bonchev–Trinajstić information content (AvgIpc) is 2.30. The van der Waals surface area contributed by atoms with Gasteiger partial charge >= 0.3 is 6.18 Å². The van der Waals surface area contributed by atoms with Gasteiger partial charge in [-0.3, -0.25) is 0 Å². The summed E-state index contributed by atoms with van der Waals surface area (Å²) >= 11 is 8.82. The van der Waals surface area contributed by atoms with Crippen LogP contribution in [0.25, 0.3) is 0 Å². The van der Waals surface area contributed by atoms with Crippen LogP contribution >= 0.6 is 27.5 Å². The summed E-state index contributed by atoms with van der Waals surface area (Å²) in [6.45, 7) is 0. The standard InChI is InChI=1S/C11H5BrClF3N2O/c12-6-2-1-3-7(4-6)19-8-9(11(14,15)16)17-5-18-10(8)13/h1-5H. The van der Waals surface area contributed by atoms with Crippen LogP contribution in [-0.2, 0) is 6.18 Å². The smallest absolute Gasteiger partial charge is 0.437 e. The zero-order valence-corrected chi connectivity index (χ0v) is 11.4. The highest BCUT2D eigenvalue weighted by Gasteiger charge is 2.38. The average molecular weight is 354 g/mol. The van der Waals surface area contributed by atoms with Crippen molar-refractivity contribution in [2.24, 2.45) is 0 Å². The Labute approximate surface area is 119 Å². The fourth-order valence-corrected chi connectivity index (χ4v) is 1.84. The molecule has 3 nitrogen and oxygen atoms in total. The molecule has 1 aromatic carbocycles. The lowest BCUT2D eigenvalue weighted by Crippen LogP contribution is -2.10. The Hall–Kier alpha value is -1.34. The van der Waals surface area contributed by atoms with Gasteiger partial charge in [0, 0.05) is 4.47 Å². The molecule has 0 aliphatic heterocycles. The lowest BCUT2D eigenvalue weighted by molar-refractivity contribution is -0.142. The predicted octanol–water partition coefficient (Wildman–Crippen LogP) is 4.70. The van der Waals surface area contributed by atoms with E-state index in [2.05, 4.69) is 25.9 Å².